The zero-order valence-electron chi connectivity index (χ0n) is 10.6. The summed E-state index contributed by atoms with van der Waals surface area (Å²) < 4.78 is 11.9. The molecule has 3 heteroatoms. The summed E-state index contributed by atoms with van der Waals surface area (Å²) in [6, 6.07) is 0. The van der Waals surface area contributed by atoms with Crippen LogP contribution in [0.25, 0.3) is 0 Å². The maximum absolute atomic E-state index is 6.09. The molecule has 1 aliphatic carbocycles. The van der Waals surface area contributed by atoms with Crippen LogP contribution in [0.1, 0.15) is 32.1 Å². The molecule has 0 radical (unpaired) electrons. The van der Waals surface area contributed by atoms with Crippen LogP contribution < -0.4 is 4.90 Å². The highest BCUT2D eigenvalue weighted by molar-refractivity contribution is 4.91. The van der Waals surface area contributed by atoms with Crippen molar-refractivity contribution in [3.05, 3.63) is 12.2 Å². The van der Waals surface area contributed by atoms with E-state index in [0.29, 0.717) is 12.0 Å². The van der Waals surface area contributed by atoms with Crippen LogP contribution in [0.5, 0.6) is 0 Å². The Labute approximate surface area is 104 Å². The lowest BCUT2D eigenvalue weighted by molar-refractivity contribution is -0.890. The highest BCUT2D eigenvalue weighted by Gasteiger charge is 2.34. The molecule has 0 saturated carbocycles. The number of ether oxygens (including phenoxy) is 2. The number of hydrogen-bond acceptors (Lipinski definition) is 2. The molecule has 2 saturated heterocycles. The normalized spacial score (nSPS) is 38.9. The van der Waals surface area contributed by atoms with Gasteiger partial charge in [0, 0.05) is 18.8 Å². The summed E-state index contributed by atoms with van der Waals surface area (Å²) in [7, 11) is 0. The van der Waals surface area contributed by atoms with Crippen molar-refractivity contribution in [1.82, 2.24) is 0 Å². The summed E-state index contributed by atoms with van der Waals surface area (Å²) in [5.74, 6) is 0.596. The number of allylic oxidation sites excluding steroid dienone is 2. The lowest BCUT2D eigenvalue weighted by Crippen LogP contribution is -3.11. The van der Waals surface area contributed by atoms with Crippen LogP contribution in [0.3, 0.4) is 0 Å². The molecular weight excluding hydrogens is 214 g/mol. The Balaban J connectivity index is 1.46. The maximum atomic E-state index is 6.09. The minimum Gasteiger partial charge on any atom is -0.349 e. The zero-order chi connectivity index (χ0) is 11.5. The molecule has 2 aliphatic heterocycles. The molecule has 17 heavy (non-hydrogen) atoms. The standard InChI is InChI=1S/C14H23NO2/c1-2-6-12(7-3-1)14-16-11-13(17-14)10-15-8-4-5-9-15/h1-2,12-14H,3-11H2/p+1/t12-,13-,14+/m0/s1. The van der Waals surface area contributed by atoms with E-state index < -0.39 is 0 Å². The van der Waals surface area contributed by atoms with Crippen LogP contribution in [0, 0.1) is 5.92 Å². The largest absolute Gasteiger partial charge is 0.349 e. The van der Waals surface area contributed by atoms with E-state index in [0.717, 1.165) is 19.6 Å². The molecule has 96 valence electrons. The van der Waals surface area contributed by atoms with Gasteiger partial charge in [0.15, 0.2) is 6.29 Å². The molecule has 2 heterocycles. The monoisotopic (exact) mass is 238 g/mol. The first-order valence-electron chi connectivity index (χ1n) is 7.17. The summed E-state index contributed by atoms with van der Waals surface area (Å²) in [5.41, 5.74) is 0. The van der Waals surface area contributed by atoms with Crippen molar-refractivity contribution in [3.63, 3.8) is 0 Å². The summed E-state index contributed by atoms with van der Waals surface area (Å²) in [5, 5.41) is 0. The molecule has 0 aromatic rings. The average molecular weight is 238 g/mol. The van der Waals surface area contributed by atoms with E-state index >= 15 is 0 Å². The Kier molecular flexibility index (Phi) is 3.79. The van der Waals surface area contributed by atoms with E-state index in [9.17, 15) is 0 Å². The Bertz CT molecular complexity index is 273. The number of likely N-dealkylation sites (tertiary alicyclic amines) is 1. The molecule has 0 aromatic carbocycles. The van der Waals surface area contributed by atoms with Gasteiger partial charge in [0.2, 0.25) is 0 Å². The van der Waals surface area contributed by atoms with Crippen LogP contribution in [0.15, 0.2) is 12.2 Å². The third kappa shape index (κ3) is 2.90. The maximum Gasteiger partial charge on any atom is 0.161 e. The molecule has 0 spiro atoms. The summed E-state index contributed by atoms with van der Waals surface area (Å²) in [6.07, 6.45) is 11.3. The van der Waals surface area contributed by atoms with Crippen molar-refractivity contribution in [2.24, 2.45) is 5.92 Å². The van der Waals surface area contributed by atoms with E-state index in [1.807, 2.05) is 0 Å². The van der Waals surface area contributed by atoms with E-state index in [4.69, 9.17) is 9.47 Å². The van der Waals surface area contributed by atoms with Gasteiger partial charge in [0.05, 0.1) is 19.7 Å². The van der Waals surface area contributed by atoms with Gasteiger partial charge in [-0.15, -0.1) is 0 Å². The van der Waals surface area contributed by atoms with Gasteiger partial charge in [-0.2, -0.15) is 0 Å². The van der Waals surface area contributed by atoms with Gasteiger partial charge < -0.3 is 14.4 Å². The van der Waals surface area contributed by atoms with Crippen molar-refractivity contribution in [1.29, 1.82) is 0 Å². The van der Waals surface area contributed by atoms with Crippen LogP contribution in [-0.2, 0) is 9.47 Å². The number of rotatable bonds is 3. The van der Waals surface area contributed by atoms with E-state index in [1.165, 1.54) is 38.8 Å². The van der Waals surface area contributed by atoms with Crippen LogP contribution in [-0.4, -0.2) is 38.6 Å². The van der Waals surface area contributed by atoms with Gasteiger partial charge in [0.25, 0.3) is 0 Å². The molecule has 0 bridgehead atoms. The number of hydrogen-bond donors (Lipinski definition) is 1. The first kappa shape index (κ1) is 11.7. The zero-order valence-corrected chi connectivity index (χ0v) is 10.6. The topological polar surface area (TPSA) is 22.9 Å². The average Bonchev–Trinajstić information content (AvgIpc) is 3.02. The Morgan fingerprint density at radius 3 is 2.82 bits per heavy atom. The third-order valence-corrected chi connectivity index (χ3v) is 4.29. The molecule has 3 atom stereocenters. The van der Waals surface area contributed by atoms with Crippen LogP contribution in [0.2, 0.25) is 0 Å². The van der Waals surface area contributed by atoms with E-state index in [-0.39, 0.29) is 6.29 Å². The Morgan fingerprint density at radius 2 is 2.06 bits per heavy atom. The Hall–Kier alpha value is -0.380. The van der Waals surface area contributed by atoms with Gasteiger partial charge in [-0.1, -0.05) is 12.2 Å². The summed E-state index contributed by atoms with van der Waals surface area (Å²) in [4.78, 5) is 1.71. The lowest BCUT2D eigenvalue weighted by Gasteiger charge is -2.23. The predicted molar refractivity (Wildman–Crippen MR) is 65.9 cm³/mol. The van der Waals surface area contributed by atoms with Crippen molar-refractivity contribution in [3.8, 4) is 0 Å². The van der Waals surface area contributed by atoms with Crippen LogP contribution >= 0.6 is 0 Å². The smallest absolute Gasteiger partial charge is 0.161 e. The number of nitrogens with one attached hydrogen (secondary N) is 1. The van der Waals surface area contributed by atoms with Gasteiger partial charge in [0.1, 0.15) is 12.6 Å². The second kappa shape index (κ2) is 5.51. The number of quaternary nitrogens is 1. The lowest BCUT2D eigenvalue weighted by atomic mass is 9.94. The van der Waals surface area contributed by atoms with Crippen molar-refractivity contribution in [2.75, 3.05) is 26.2 Å². The molecule has 3 rings (SSSR count). The van der Waals surface area contributed by atoms with Gasteiger partial charge in [-0.3, -0.25) is 0 Å². The molecule has 0 unspecified atom stereocenters. The van der Waals surface area contributed by atoms with E-state index in [1.54, 1.807) is 4.90 Å². The Morgan fingerprint density at radius 1 is 1.18 bits per heavy atom. The SMILES string of the molecule is C1=CC[C@H]([C@@H]2OC[C@H](C[NH+]3CCCC3)O2)CC1. The second-order valence-electron chi connectivity index (χ2n) is 5.67. The van der Waals surface area contributed by atoms with Crippen molar-refractivity contribution >= 4 is 0 Å². The first-order chi connectivity index (χ1) is 8.42. The molecule has 3 nitrogen and oxygen atoms in total. The van der Waals surface area contributed by atoms with Crippen molar-refractivity contribution < 1.29 is 14.4 Å². The highest BCUT2D eigenvalue weighted by Crippen LogP contribution is 2.28. The van der Waals surface area contributed by atoms with Crippen LogP contribution in [0.4, 0.5) is 0 Å². The highest BCUT2D eigenvalue weighted by atomic mass is 16.7. The van der Waals surface area contributed by atoms with Gasteiger partial charge in [-0.25, -0.2) is 0 Å². The minimum atomic E-state index is 0.0759. The molecule has 1 N–H and O–H groups in total. The summed E-state index contributed by atoms with van der Waals surface area (Å²) >= 11 is 0. The third-order valence-electron chi connectivity index (χ3n) is 4.29. The fourth-order valence-electron chi connectivity index (χ4n) is 3.29. The van der Waals surface area contributed by atoms with Gasteiger partial charge in [-0.05, 0) is 19.3 Å². The molecule has 0 amide bonds. The fourth-order valence-corrected chi connectivity index (χ4v) is 3.29. The molecule has 0 aromatic heterocycles. The van der Waals surface area contributed by atoms with E-state index in [2.05, 4.69) is 12.2 Å². The van der Waals surface area contributed by atoms with Crippen molar-refractivity contribution in [2.45, 2.75) is 44.5 Å². The summed E-state index contributed by atoms with van der Waals surface area (Å²) in [6.45, 7) is 4.63. The fraction of sp³-hybridized carbons (Fsp3) is 0.857. The quantitative estimate of drug-likeness (QED) is 0.734. The van der Waals surface area contributed by atoms with Gasteiger partial charge >= 0.3 is 0 Å². The first-order valence-corrected chi connectivity index (χ1v) is 7.17. The minimum absolute atomic E-state index is 0.0759. The predicted octanol–water partition coefficient (Wildman–Crippen LogP) is 0.763. The second-order valence-corrected chi connectivity index (χ2v) is 5.67. The molecule has 3 aliphatic rings. The molecular formula is C14H24NO2+. The molecule has 2 fully saturated rings.